The molecule has 136 valence electrons. The maximum atomic E-state index is 10.8. The monoisotopic (exact) mass is 448 g/mol. The van der Waals surface area contributed by atoms with Gasteiger partial charge in [-0.05, 0) is 22.0 Å². The van der Waals surface area contributed by atoms with Gasteiger partial charge in [-0.25, -0.2) is 14.2 Å². The smallest absolute Gasteiger partial charge is 0.307 e. The zero-order chi connectivity index (χ0) is 19.0. The van der Waals surface area contributed by atoms with Crippen LogP contribution in [-0.4, -0.2) is 29.3 Å². The number of fused-ring (bicyclic) bond motifs is 1. The van der Waals surface area contributed by atoms with Crippen molar-refractivity contribution in [3.05, 3.63) is 74.2 Å². The molecule has 11 heteroatoms. The molecule has 0 aliphatic rings. The molecule has 0 N–H and O–H groups in total. The van der Waals surface area contributed by atoms with Gasteiger partial charge in [-0.1, -0.05) is 29.8 Å². The zero-order valence-electron chi connectivity index (χ0n) is 13.5. The molecular formula is C16H10BrClN6O3. The van der Waals surface area contributed by atoms with E-state index in [0.717, 1.165) is 5.56 Å². The van der Waals surface area contributed by atoms with Gasteiger partial charge in [0.2, 0.25) is 5.88 Å². The molecule has 1 aromatic carbocycles. The predicted molar refractivity (Wildman–Crippen MR) is 100 cm³/mol. The second-order valence-corrected chi connectivity index (χ2v) is 6.68. The largest absolute Gasteiger partial charge is 0.471 e. The van der Waals surface area contributed by atoms with Gasteiger partial charge in [-0.2, -0.15) is 5.10 Å². The summed E-state index contributed by atoms with van der Waals surface area (Å²) in [5.74, 6) is 0.353. The Morgan fingerprint density at radius 3 is 2.81 bits per heavy atom. The number of aromatic nitrogens is 5. The Kier molecular flexibility index (Phi) is 4.50. The quantitative estimate of drug-likeness (QED) is 0.339. The minimum absolute atomic E-state index is 0.111. The van der Waals surface area contributed by atoms with Crippen LogP contribution in [0.1, 0.15) is 5.56 Å². The topological polar surface area (TPSA) is 100 Å². The van der Waals surface area contributed by atoms with Crippen LogP contribution in [-0.2, 0) is 6.61 Å². The van der Waals surface area contributed by atoms with E-state index in [-0.39, 0.29) is 12.3 Å². The molecule has 0 saturated carbocycles. The molecule has 4 rings (SSSR count). The first-order chi connectivity index (χ1) is 13.0. The van der Waals surface area contributed by atoms with Crippen LogP contribution in [0.5, 0.6) is 5.88 Å². The molecule has 9 nitrogen and oxygen atoms in total. The first-order valence-electron chi connectivity index (χ1n) is 7.62. The second kappa shape index (κ2) is 6.97. The van der Waals surface area contributed by atoms with Crippen molar-refractivity contribution in [3.63, 3.8) is 0 Å². The lowest BCUT2D eigenvalue weighted by atomic mass is 10.2. The summed E-state index contributed by atoms with van der Waals surface area (Å²) in [5.41, 5.74) is 1.78. The van der Waals surface area contributed by atoms with Crippen LogP contribution >= 0.6 is 27.5 Å². The Bertz CT molecular complexity index is 1160. The summed E-state index contributed by atoms with van der Waals surface area (Å²) >= 11 is 9.57. The highest BCUT2D eigenvalue weighted by Gasteiger charge is 2.16. The molecule has 27 heavy (non-hydrogen) atoms. The van der Waals surface area contributed by atoms with E-state index in [0.29, 0.717) is 26.7 Å². The van der Waals surface area contributed by atoms with Crippen molar-refractivity contribution in [2.45, 2.75) is 6.61 Å². The molecule has 3 heterocycles. The number of hydrogen-bond acceptors (Lipinski definition) is 6. The normalized spacial score (nSPS) is 11.0. The number of nitrogens with zero attached hydrogens (tertiary/aromatic N) is 6. The highest BCUT2D eigenvalue weighted by atomic mass is 79.9. The molecule has 0 bridgehead atoms. The zero-order valence-corrected chi connectivity index (χ0v) is 15.8. The van der Waals surface area contributed by atoms with E-state index in [2.05, 4.69) is 31.1 Å². The summed E-state index contributed by atoms with van der Waals surface area (Å²) in [5, 5.41) is 19.7. The third kappa shape index (κ3) is 3.36. The number of nitro groups is 1. The van der Waals surface area contributed by atoms with Gasteiger partial charge < -0.3 is 4.74 Å². The van der Waals surface area contributed by atoms with Crippen LogP contribution in [0.25, 0.3) is 11.3 Å². The van der Waals surface area contributed by atoms with E-state index in [1.165, 1.54) is 27.8 Å². The van der Waals surface area contributed by atoms with Gasteiger partial charge in [0.15, 0.2) is 5.65 Å². The lowest BCUT2D eigenvalue weighted by Crippen LogP contribution is -2.00. The van der Waals surface area contributed by atoms with Gasteiger partial charge in [0.05, 0.1) is 17.3 Å². The number of ether oxygens (including phenoxy) is 1. The average molecular weight is 450 g/mol. The van der Waals surface area contributed by atoms with Gasteiger partial charge in [0, 0.05) is 10.6 Å². The summed E-state index contributed by atoms with van der Waals surface area (Å²) in [4.78, 5) is 14.6. The molecule has 0 fully saturated rings. The van der Waals surface area contributed by atoms with Gasteiger partial charge in [-0.15, -0.1) is 5.10 Å². The van der Waals surface area contributed by atoms with Crippen LogP contribution < -0.4 is 4.74 Å². The summed E-state index contributed by atoms with van der Waals surface area (Å²) < 4.78 is 9.21. The Morgan fingerprint density at radius 2 is 2.07 bits per heavy atom. The van der Waals surface area contributed by atoms with Crippen LogP contribution in [0.15, 0.2) is 53.5 Å². The molecule has 3 aromatic heterocycles. The first-order valence-corrected chi connectivity index (χ1v) is 8.79. The number of halogens is 2. The van der Waals surface area contributed by atoms with Crippen LogP contribution in [0.2, 0.25) is 5.02 Å². The van der Waals surface area contributed by atoms with Crippen molar-refractivity contribution in [1.29, 1.82) is 0 Å². The predicted octanol–water partition coefficient (Wildman–Crippen LogP) is 3.82. The number of rotatable bonds is 5. The highest BCUT2D eigenvalue weighted by molar-refractivity contribution is 9.10. The fourth-order valence-electron chi connectivity index (χ4n) is 2.40. The molecule has 0 unspecified atom stereocenters. The van der Waals surface area contributed by atoms with Crippen LogP contribution in [0, 0.1) is 10.1 Å². The van der Waals surface area contributed by atoms with Crippen molar-refractivity contribution < 1.29 is 9.66 Å². The second-order valence-electron chi connectivity index (χ2n) is 5.48. The molecule has 4 aromatic rings. The van der Waals surface area contributed by atoms with E-state index in [1.54, 1.807) is 12.3 Å². The van der Waals surface area contributed by atoms with Crippen molar-refractivity contribution >= 4 is 38.9 Å². The Morgan fingerprint density at radius 1 is 1.26 bits per heavy atom. The van der Waals surface area contributed by atoms with Crippen molar-refractivity contribution in [2.75, 3.05) is 0 Å². The maximum absolute atomic E-state index is 10.8. The molecule has 0 atom stereocenters. The summed E-state index contributed by atoms with van der Waals surface area (Å²) in [6.07, 6.45) is 5.65. The molecule has 0 aliphatic carbocycles. The molecule has 0 spiro atoms. The Balaban J connectivity index is 1.63. The van der Waals surface area contributed by atoms with Crippen LogP contribution in [0.4, 0.5) is 5.69 Å². The summed E-state index contributed by atoms with van der Waals surface area (Å²) in [7, 11) is 0. The van der Waals surface area contributed by atoms with Crippen LogP contribution in [0.3, 0.4) is 0 Å². The fourth-order valence-corrected chi connectivity index (χ4v) is 3.07. The van der Waals surface area contributed by atoms with E-state index < -0.39 is 4.92 Å². The SMILES string of the molecule is O=[N+]([O-])c1cnn(-c2cnc3c(Br)c(OCc4ccccc4Cl)nn3c2)c1. The van der Waals surface area contributed by atoms with E-state index in [1.807, 2.05) is 18.2 Å². The standard InChI is InChI=1S/C16H10BrClN6O3/c17-14-15-19-5-11(22-8-12(6-20-22)24(25)26)7-23(15)21-16(14)27-9-10-3-1-2-4-13(10)18/h1-8H,9H2. The van der Waals surface area contributed by atoms with Gasteiger partial charge in [0.25, 0.3) is 0 Å². The van der Waals surface area contributed by atoms with Crippen molar-refractivity contribution in [1.82, 2.24) is 24.4 Å². The van der Waals surface area contributed by atoms with Gasteiger partial charge >= 0.3 is 5.69 Å². The highest BCUT2D eigenvalue weighted by Crippen LogP contribution is 2.29. The summed E-state index contributed by atoms with van der Waals surface area (Å²) in [6.45, 7) is 0.250. The van der Waals surface area contributed by atoms with E-state index in [4.69, 9.17) is 16.3 Å². The average Bonchev–Trinajstić information content (AvgIpc) is 3.26. The third-order valence-corrected chi connectivity index (χ3v) is 4.80. The third-order valence-electron chi connectivity index (χ3n) is 3.74. The molecule has 0 aliphatic heterocycles. The molecule has 0 radical (unpaired) electrons. The number of hydrogen-bond donors (Lipinski definition) is 0. The minimum atomic E-state index is -0.513. The Hall–Kier alpha value is -2.98. The van der Waals surface area contributed by atoms with Gasteiger partial charge in [0.1, 0.15) is 29.2 Å². The molecule has 0 saturated heterocycles. The Labute approximate surface area is 165 Å². The molecular weight excluding hydrogens is 440 g/mol. The van der Waals surface area contributed by atoms with E-state index in [9.17, 15) is 10.1 Å². The lowest BCUT2D eigenvalue weighted by Gasteiger charge is -2.04. The minimum Gasteiger partial charge on any atom is -0.471 e. The van der Waals surface area contributed by atoms with Crippen molar-refractivity contribution in [2.24, 2.45) is 0 Å². The summed E-state index contributed by atoms with van der Waals surface area (Å²) in [6, 6.07) is 7.38. The van der Waals surface area contributed by atoms with Gasteiger partial charge in [-0.3, -0.25) is 10.1 Å². The lowest BCUT2D eigenvalue weighted by molar-refractivity contribution is -0.384. The van der Waals surface area contributed by atoms with E-state index >= 15 is 0 Å². The molecule has 0 amide bonds. The first kappa shape index (κ1) is 17.4. The van der Waals surface area contributed by atoms with Crippen molar-refractivity contribution in [3.8, 4) is 11.6 Å². The number of benzene rings is 1. The maximum Gasteiger partial charge on any atom is 0.307 e. The fraction of sp³-hybridized carbons (Fsp3) is 0.0625.